The summed E-state index contributed by atoms with van der Waals surface area (Å²) in [6.45, 7) is 4.31. The smallest absolute Gasteiger partial charge is 0.353 e. The first-order valence-electron chi connectivity index (χ1n) is 9.53. The SMILES string of the molecule is C[C@@H]1C(SC2CN[C@H](Cc3ncccn3)C2)=C(C(=O)O)N2C(=O)[C@H]([C@@H](C)O)[C@@H]12. The van der Waals surface area contributed by atoms with Crippen molar-refractivity contribution < 1.29 is 19.8 Å². The van der Waals surface area contributed by atoms with Crippen molar-refractivity contribution >= 4 is 23.6 Å². The third-order valence-corrected chi connectivity index (χ3v) is 7.35. The molecule has 0 saturated carbocycles. The van der Waals surface area contributed by atoms with Crippen molar-refractivity contribution in [3.8, 4) is 0 Å². The number of nitrogens with one attached hydrogen (secondary N) is 1. The Morgan fingerprint density at radius 1 is 1.43 bits per heavy atom. The van der Waals surface area contributed by atoms with Gasteiger partial charge in [-0.2, -0.15) is 0 Å². The summed E-state index contributed by atoms with van der Waals surface area (Å²) in [6, 6.07) is 1.77. The van der Waals surface area contributed by atoms with Crippen LogP contribution in [-0.2, 0) is 16.0 Å². The van der Waals surface area contributed by atoms with Crippen molar-refractivity contribution in [1.29, 1.82) is 0 Å². The van der Waals surface area contributed by atoms with Gasteiger partial charge in [0.15, 0.2) is 0 Å². The number of thioether (sulfide) groups is 1. The van der Waals surface area contributed by atoms with Crippen LogP contribution in [0.15, 0.2) is 29.1 Å². The minimum atomic E-state index is -1.07. The molecule has 3 N–H and O–H groups in total. The molecule has 6 atom stereocenters. The van der Waals surface area contributed by atoms with E-state index in [0.29, 0.717) is 0 Å². The molecule has 2 saturated heterocycles. The average molecular weight is 404 g/mol. The first kappa shape index (κ1) is 19.4. The van der Waals surface area contributed by atoms with Gasteiger partial charge in [0.25, 0.3) is 0 Å². The fraction of sp³-hybridized carbons (Fsp3) is 0.579. The fourth-order valence-electron chi connectivity index (χ4n) is 4.54. The van der Waals surface area contributed by atoms with Gasteiger partial charge in [-0.05, 0) is 19.4 Å². The summed E-state index contributed by atoms with van der Waals surface area (Å²) in [5, 5.41) is 23.4. The number of aliphatic hydroxyl groups excluding tert-OH is 1. The van der Waals surface area contributed by atoms with Crippen molar-refractivity contribution in [3.63, 3.8) is 0 Å². The number of fused-ring (bicyclic) bond motifs is 1. The third-order valence-electron chi connectivity index (χ3n) is 5.83. The van der Waals surface area contributed by atoms with Crippen LogP contribution >= 0.6 is 11.8 Å². The number of hydrogen-bond donors (Lipinski definition) is 3. The van der Waals surface area contributed by atoms with E-state index in [1.165, 1.54) is 4.90 Å². The Kier molecular flexibility index (Phi) is 5.15. The van der Waals surface area contributed by atoms with Crippen LogP contribution < -0.4 is 5.32 Å². The number of nitrogens with zero attached hydrogens (tertiary/aromatic N) is 3. The van der Waals surface area contributed by atoms with Crippen LogP contribution in [0.3, 0.4) is 0 Å². The van der Waals surface area contributed by atoms with Gasteiger partial charge in [0.05, 0.1) is 18.1 Å². The normalized spacial score (nSPS) is 33.0. The standard InChI is InChI=1S/C19H24N4O4S/c1-9-15-14(10(2)24)18(25)23(15)16(19(26)27)17(9)28-12-6-11(22-8-12)7-13-20-4-3-5-21-13/h3-5,9-12,14-15,22,24H,6-8H2,1-2H3,(H,26,27)/t9-,10+,11-,12?,14+,15+/m0/s1. The summed E-state index contributed by atoms with van der Waals surface area (Å²) in [4.78, 5) is 35.0. The van der Waals surface area contributed by atoms with Gasteiger partial charge in [0, 0.05) is 47.5 Å². The molecule has 3 aliphatic heterocycles. The number of amides is 1. The lowest BCUT2D eigenvalue weighted by Gasteiger charge is -2.46. The molecule has 1 aromatic rings. The van der Waals surface area contributed by atoms with Gasteiger partial charge in [0.1, 0.15) is 11.5 Å². The number of hydrogen-bond acceptors (Lipinski definition) is 7. The van der Waals surface area contributed by atoms with E-state index >= 15 is 0 Å². The second kappa shape index (κ2) is 7.46. The van der Waals surface area contributed by atoms with Crippen LogP contribution in [-0.4, -0.2) is 66.9 Å². The van der Waals surface area contributed by atoms with E-state index in [4.69, 9.17) is 0 Å². The Morgan fingerprint density at radius 2 is 2.14 bits per heavy atom. The quantitative estimate of drug-likeness (QED) is 0.592. The zero-order valence-electron chi connectivity index (χ0n) is 15.8. The molecule has 3 aliphatic rings. The Hall–Kier alpha value is -1.97. The van der Waals surface area contributed by atoms with E-state index in [1.54, 1.807) is 37.1 Å². The summed E-state index contributed by atoms with van der Waals surface area (Å²) < 4.78 is 0. The van der Waals surface area contributed by atoms with E-state index in [2.05, 4.69) is 15.3 Å². The Morgan fingerprint density at radius 3 is 2.79 bits per heavy atom. The highest BCUT2D eigenvalue weighted by Crippen LogP contribution is 2.51. The third kappa shape index (κ3) is 3.21. The van der Waals surface area contributed by atoms with Crippen molar-refractivity contribution in [2.75, 3.05) is 6.54 Å². The lowest BCUT2D eigenvalue weighted by Crippen LogP contribution is -2.63. The molecule has 0 aromatic carbocycles. The summed E-state index contributed by atoms with van der Waals surface area (Å²) >= 11 is 1.56. The number of β-lactam (4-membered cyclic amide) rings is 1. The van der Waals surface area contributed by atoms with Crippen LogP contribution in [0.2, 0.25) is 0 Å². The maximum Gasteiger partial charge on any atom is 0.353 e. The van der Waals surface area contributed by atoms with Gasteiger partial charge >= 0.3 is 5.97 Å². The molecule has 1 unspecified atom stereocenters. The predicted octanol–water partition coefficient (Wildman–Crippen LogP) is 0.637. The molecule has 28 heavy (non-hydrogen) atoms. The summed E-state index contributed by atoms with van der Waals surface area (Å²) in [6.07, 6.45) is 4.29. The lowest BCUT2D eigenvalue weighted by atomic mass is 9.79. The molecule has 4 heterocycles. The molecule has 4 rings (SSSR count). The Bertz CT molecular complexity index is 815. The van der Waals surface area contributed by atoms with Gasteiger partial charge in [0.2, 0.25) is 5.91 Å². The van der Waals surface area contributed by atoms with Gasteiger partial charge < -0.3 is 20.4 Å². The molecule has 1 aromatic heterocycles. The molecule has 0 aliphatic carbocycles. The molecule has 1 amide bonds. The van der Waals surface area contributed by atoms with E-state index in [-0.39, 0.29) is 34.9 Å². The van der Waals surface area contributed by atoms with Crippen molar-refractivity contribution in [1.82, 2.24) is 20.2 Å². The monoisotopic (exact) mass is 404 g/mol. The van der Waals surface area contributed by atoms with Gasteiger partial charge in [-0.25, -0.2) is 14.8 Å². The molecular weight excluding hydrogens is 380 g/mol. The highest BCUT2D eigenvalue weighted by atomic mass is 32.2. The molecule has 0 radical (unpaired) electrons. The molecule has 0 bridgehead atoms. The van der Waals surface area contributed by atoms with E-state index in [1.807, 2.05) is 6.92 Å². The van der Waals surface area contributed by atoms with Crippen LogP contribution in [0.1, 0.15) is 26.1 Å². The highest BCUT2D eigenvalue weighted by molar-refractivity contribution is 8.03. The second-order valence-corrected chi connectivity index (χ2v) is 9.06. The largest absolute Gasteiger partial charge is 0.477 e. The lowest BCUT2D eigenvalue weighted by molar-refractivity contribution is -0.163. The number of carbonyl (C=O) groups excluding carboxylic acids is 1. The van der Waals surface area contributed by atoms with E-state index < -0.39 is 18.0 Å². The second-order valence-electron chi connectivity index (χ2n) is 7.72. The number of carbonyl (C=O) groups is 2. The van der Waals surface area contributed by atoms with Gasteiger partial charge in [-0.15, -0.1) is 11.8 Å². The van der Waals surface area contributed by atoms with Gasteiger partial charge in [-0.3, -0.25) is 4.79 Å². The molecule has 0 spiro atoms. The van der Waals surface area contributed by atoms with Crippen LogP contribution in [0.4, 0.5) is 0 Å². The molecule has 2 fully saturated rings. The summed E-state index contributed by atoms with van der Waals surface area (Å²) in [5.74, 6) is -1.19. The number of rotatable bonds is 6. The minimum Gasteiger partial charge on any atom is -0.477 e. The zero-order chi connectivity index (χ0) is 20.0. The number of aromatic nitrogens is 2. The van der Waals surface area contributed by atoms with Crippen molar-refractivity contribution in [3.05, 3.63) is 34.9 Å². The highest BCUT2D eigenvalue weighted by Gasteiger charge is 2.60. The van der Waals surface area contributed by atoms with Crippen LogP contribution in [0.25, 0.3) is 0 Å². The number of carboxylic acid groups (broad SMARTS) is 1. The van der Waals surface area contributed by atoms with Crippen LogP contribution in [0.5, 0.6) is 0 Å². The van der Waals surface area contributed by atoms with Gasteiger partial charge in [-0.1, -0.05) is 6.92 Å². The molecular formula is C19H24N4O4S. The maximum atomic E-state index is 12.4. The van der Waals surface area contributed by atoms with E-state index in [9.17, 15) is 19.8 Å². The number of aliphatic carboxylic acids is 1. The predicted molar refractivity (Wildman–Crippen MR) is 103 cm³/mol. The zero-order valence-corrected chi connectivity index (χ0v) is 16.6. The first-order valence-corrected chi connectivity index (χ1v) is 10.4. The fourth-order valence-corrected chi connectivity index (χ4v) is 6.06. The Balaban J connectivity index is 1.47. The minimum absolute atomic E-state index is 0.0927. The van der Waals surface area contributed by atoms with Crippen molar-refractivity contribution in [2.24, 2.45) is 11.8 Å². The average Bonchev–Trinajstić information content (AvgIpc) is 3.17. The summed E-state index contributed by atoms with van der Waals surface area (Å²) in [5.41, 5.74) is 0.0965. The number of carboxylic acids is 1. The van der Waals surface area contributed by atoms with Crippen molar-refractivity contribution in [2.45, 2.75) is 50.1 Å². The topological polar surface area (TPSA) is 116 Å². The number of aliphatic hydroxyl groups is 1. The van der Waals surface area contributed by atoms with E-state index in [0.717, 1.165) is 30.1 Å². The summed E-state index contributed by atoms with van der Waals surface area (Å²) in [7, 11) is 0. The molecule has 150 valence electrons. The molecule has 9 heteroatoms. The maximum absolute atomic E-state index is 12.4. The van der Waals surface area contributed by atoms with Crippen LogP contribution in [0, 0.1) is 11.8 Å². The Labute approximate surface area is 167 Å². The first-order chi connectivity index (χ1) is 13.4. The molecule has 8 nitrogen and oxygen atoms in total.